The maximum atomic E-state index is 9.44. The summed E-state index contributed by atoms with van der Waals surface area (Å²) in [6.45, 7) is 4.08. The van der Waals surface area contributed by atoms with Crippen molar-refractivity contribution in [3.63, 3.8) is 0 Å². The van der Waals surface area contributed by atoms with Crippen molar-refractivity contribution >= 4 is 5.82 Å². The first-order valence-corrected chi connectivity index (χ1v) is 7.29. The van der Waals surface area contributed by atoms with Crippen molar-refractivity contribution in [1.82, 2.24) is 9.97 Å². The van der Waals surface area contributed by atoms with Crippen LogP contribution in [-0.4, -0.2) is 9.97 Å². The zero-order valence-corrected chi connectivity index (χ0v) is 13.0. The van der Waals surface area contributed by atoms with Gasteiger partial charge in [-0.25, -0.2) is 4.98 Å². The average molecular weight is 300 g/mol. The third-order valence-electron chi connectivity index (χ3n) is 3.82. The first kappa shape index (κ1) is 14.7. The standard InChI is InChI=1S/C19H16N4/c1-12-3-4-13(2)15(9-12)18-10-16(14-5-7-22-8-6-14)17(11-20)19(21)23-18/h3-10H,1-2H3,(H2,21,23). The number of pyridine rings is 2. The Morgan fingerprint density at radius 3 is 2.43 bits per heavy atom. The van der Waals surface area contributed by atoms with Crippen LogP contribution in [0.3, 0.4) is 0 Å². The number of benzene rings is 1. The molecule has 0 atom stereocenters. The topological polar surface area (TPSA) is 75.6 Å². The number of hydrogen-bond acceptors (Lipinski definition) is 4. The smallest absolute Gasteiger partial charge is 0.142 e. The summed E-state index contributed by atoms with van der Waals surface area (Å²) in [6.07, 6.45) is 3.40. The second-order valence-corrected chi connectivity index (χ2v) is 5.48. The summed E-state index contributed by atoms with van der Waals surface area (Å²) in [6, 6.07) is 14.0. The summed E-state index contributed by atoms with van der Waals surface area (Å²) < 4.78 is 0. The number of nitriles is 1. The minimum Gasteiger partial charge on any atom is -0.383 e. The summed E-state index contributed by atoms with van der Waals surface area (Å²) in [4.78, 5) is 8.47. The molecule has 23 heavy (non-hydrogen) atoms. The molecule has 3 rings (SSSR count). The van der Waals surface area contributed by atoms with Crippen LogP contribution in [0.5, 0.6) is 0 Å². The van der Waals surface area contributed by atoms with Gasteiger partial charge in [-0.2, -0.15) is 5.26 Å². The van der Waals surface area contributed by atoms with Crippen molar-refractivity contribution < 1.29 is 0 Å². The molecule has 0 saturated heterocycles. The van der Waals surface area contributed by atoms with Gasteiger partial charge in [-0.05, 0) is 49.2 Å². The molecule has 4 nitrogen and oxygen atoms in total. The van der Waals surface area contributed by atoms with E-state index in [2.05, 4.69) is 34.2 Å². The summed E-state index contributed by atoms with van der Waals surface area (Å²) in [5.41, 5.74) is 12.2. The first-order chi connectivity index (χ1) is 11.1. The second-order valence-electron chi connectivity index (χ2n) is 5.48. The highest BCUT2D eigenvalue weighted by Gasteiger charge is 2.14. The molecule has 0 unspecified atom stereocenters. The monoisotopic (exact) mass is 300 g/mol. The Kier molecular flexibility index (Phi) is 3.78. The van der Waals surface area contributed by atoms with Gasteiger partial charge in [0.05, 0.1) is 5.69 Å². The highest BCUT2D eigenvalue weighted by Crippen LogP contribution is 2.32. The molecule has 0 aliphatic rings. The van der Waals surface area contributed by atoms with Gasteiger partial charge < -0.3 is 5.73 Å². The van der Waals surface area contributed by atoms with Crippen molar-refractivity contribution in [2.45, 2.75) is 13.8 Å². The van der Waals surface area contributed by atoms with Crippen LogP contribution >= 0.6 is 0 Å². The Morgan fingerprint density at radius 2 is 1.74 bits per heavy atom. The maximum absolute atomic E-state index is 9.44. The lowest BCUT2D eigenvalue weighted by molar-refractivity contribution is 1.28. The normalized spacial score (nSPS) is 10.3. The van der Waals surface area contributed by atoms with Crippen LogP contribution in [0, 0.1) is 25.2 Å². The van der Waals surface area contributed by atoms with Gasteiger partial charge in [-0.15, -0.1) is 0 Å². The molecule has 1 aromatic carbocycles. The third-order valence-corrected chi connectivity index (χ3v) is 3.82. The number of nitrogens with two attached hydrogens (primary N) is 1. The van der Waals surface area contributed by atoms with Gasteiger partial charge in [0, 0.05) is 23.5 Å². The molecule has 0 bridgehead atoms. The highest BCUT2D eigenvalue weighted by molar-refractivity contribution is 5.80. The van der Waals surface area contributed by atoms with Gasteiger partial charge in [0.2, 0.25) is 0 Å². The fourth-order valence-corrected chi connectivity index (χ4v) is 2.59. The van der Waals surface area contributed by atoms with E-state index in [1.807, 2.05) is 32.0 Å². The Morgan fingerprint density at radius 1 is 1.00 bits per heavy atom. The average Bonchev–Trinajstić information content (AvgIpc) is 2.57. The highest BCUT2D eigenvalue weighted by atomic mass is 14.8. The van der Waals surface area contributed by atoms with E-state index in [0.717, 1.165) is 33.5 Å². The number of aryl methyl sites for hydroxylation is 2. The van der Waals surface area contributed by atoms with E-state index in [1.165, 1.54) is 0 Å². The summed E-state index contributed by atoms with van der Waals surface area (Å²) >= 11 is 0. The number of anilines is 1. The zero-order chi connectivity index (χ0) is 16.4. The quantitative estimate of drug-likeness (QED) is 0.779. The minimum atomic E-state index is 0.248. The maximum Gasteiger partial charge on any atom is 0.142 e. The van der Waals surface area contributed by atoms with Crippen molar-refractivity contribution in [3.05, 3.63) is 65.5 Å². The molecule has 0 spiro atoms. The van der Waals surface area contributed by atoms with E-state index in [0.29, 0.717) is 5.56 Å². The van der Waals surface area contributed by atoms with E-state index in [9.17, 15) is 5.26 Å². The predicted molar refractivity (Wildman–Crippen MR) is 91.5 cm³/mol. The van der Waals surface area contributed by atoms with Crippen LogP contribution < -0.4 is 5.73 Å². The van der Waals surface area contributed by atoms with E-state index in [-0.39, 0.29) is 5.82 Å². The lowest BCUT2D eigenvalue weighted by Gasteiger charge is -2.12. The number of rotatable bonds is 2. The Bertz CT molecular complexity index is 909. The van der Waals surface area contributed by atoms with Gasteiger partial charge in [0.1, 0.15) is 17.5 Å². The fourth-order valence-electron chi connectivity index (χ4n) is 2.59. The molecule has 4 heteroatoms. The SMILES string of the molecule is Cc1ccc(C)c(-c2cc(-c3ccncc3)c(C#N)c(N)n2)c1. The van der Waals surface area contributed by atoms with Gasteiger partial charge >= 0.3 is 0 Å². The van der Waals surface area contributed by atoms with Crippen LogP contribution in [0.25, 0.3) is 22.4 Å². The van der Waals surface area contributed by atoms with E-state index in [4.69, 9.17) is 5.73 Å². The van der Waals surface area contributed by atoms with E-state index < -0.39 is 0 Å². The zero-order valence-electron chi connectivity index (χ0n) is 13.0. The van der Waals surface area contributed by atoms with Crippen molar-refractivity contribution in [2.24, 2.45) is 0 Å². The first-order valence-electron chi connectivity index (χ1n) is 7.29. The molecule has 2 N–H and O–H groups in total. The van der Waals surface area contributed by atoms with Gasteiger partial charge in [0.15, 0.2) is 0 Å². The van der Waals surface area contributed by atoms with E-state index >= 15 is 0 Å². The summed E-state index contributed by atoms with van der Waals surface area (Å²) in [5.74, 6) is 0.248. The summed E-state index contributed by atoms with van der Waals surface area (Å²) in [5, 5.41) is 9.44. The number of hydrogen-bond donors (Lipinski definition) is 1. The lowest BCUT2D eigenvalue weighted by Crippen LogP contribution is -2.00. The lowest BCUT2D eigenvalue weighted by atomic mass is 9.97. The van der Waals surface area contributed by atoms with Gasteiger partial charge in [-0.1, -0.05) is 17.7 Å². The second kappa shape index (κ2) is 5.90. The molecule has 0 fully saturated rings. The van der Waals surface area contributed by atoms with E-state index in [1.54, 1.807) is 12.4 Å². The molecule has 2 aromatic heterocycles. The third kappa shape index (κ3) is 2.77. The Balaban J connectivity index is 2.27. The molecule has 112 valence electrons. The molecular weight excluding hydrogens is 284 g/mol. The van der Waals surface area contributed by atoms with Gasteiger partial charge in [-0.3, -0.25) is 4.98 Å². The van der Waals surface area contributed by atoms with Crippen LogP contribution in [-0.2, 0) is 0 Å². The Labute approximate surface area is 135 Å². The largest absolute Gasteiger partial charge is 0.383 e. The predicted octanol–water partition coefficient (Wildman–Crippen LogP) is 3.88. The molecule has 0 aliphatic heterocycles. The molecule has 2 heterocycles. The molecule has 0 aliphatic carbocycles. The van der Waals surface area contributed by atoms with Crippen LogP contribution in [0.1, 0.15) is 16.7 Å². The van der Waals surface area contributed by atoms with Crippen LogP contribution in [0.15, 0.2) is 48.8 Å². The van der Waals surface area contributed by atoms with Crippen molar-refractivity contribution in [2.75, 3.05) is 5.73 Å². The Hall–Kier alpha value is -3.19. The summed E-state index contributed by atoms with van der Waals surface area (Å²) in [7, 11) is 0. The molecular formula is C19H16N4. The van der Waals surface area contributed by atoms with Crippen molar-refractivity contribution in [3.8, 4) is 28.5 Å². The molecule has 0 radical (unpaired) electrons. The molecule has 0 saturated carbocycles. The number of nitrogen functional groups attached to an aromatic ring is 1. The molecule has 3 aromatic rings. The van der Waals surface area contributed by atoms with Crippen LogP contribution in [0.2, 0.25) is 0 Å². The number of aromatic nitrogens is 2. The van der Waals surface area contributed by atoms with Crippen molar-refractivity contribution in [1.29, 1.82) is 5.26 Å². The number of nitrogens with zero attached hydrogens (tertiary/aromatic N) is 3. The van der Waals surface area contributed by atoms with Gasteiger partial charge in [0.25, 0.3) is 0 Å². The minimum absolute atomic E-state index is 0.248. The fraction of sp³-hybridized carbons (Fsp3) is 0.105. The molecule has 0 amide bonds. The van der Waals surface area contributed by atoms with Crippen LogP contribution in [0.4, 0.5) is 5.82 Å².